The number of carbonyl (C=O) groups is 3. The minimum Gasteiger partial charge on any atom is -0.420 e. The van der Waals surface area contributed by atoms with Crippen LogP contribution in [0.3, 0.4) is 0 Å². The fourth-order valence-electron chi connectivity index (χ4n) is 4.14. The normalized spacial score (nSPS) is 15.1. The Labute approximate surface area is 196 Å². The number of ketones is 1. The molecule has 2 heterocycles. The minimum atomic E-state index is -0.622. The summed E-state index contributed by atoms with van der Waals surface area (Å²) >= 11 is 0. The number of nitrogens with one attached hydrogen (secondary N) is 1. The Bertz CT molecular complexity index is 1300. The number of ether oxygens (including phenoxy) is 1. The van der Waals surface area contributed by atoms with Crippen LogP contribution < -0.4 is 0 Å². The number of aromatic amines is 1. The zero-order valence-corrected chi connectivity index (χ0v) is 19.1. The van der Waals surface area contributed by atoms with E-state index in [-0.39, 0.29) is 23.3 Å². The molecule has 0 bridgehead atoms. The molecule has 34 heavy (non-hydrogen) atoms. The lowest BCUT2D eigenvalue weighted by molar-refractivity contribution is -0.191. The molecule has 0 saturated carbocycles. The molecule has 0 saturated heterocycles. The largest absolute Gasteiger partial charge is 0.420 e. The summed E-state index contributed by atoms with van der Waals surface area (Å²) in [5.74, 6) is -1.51. The van der Waals surface area contributed by atoms with E-state index in [9.17, 15) is 14.4 Å². The number of rotatable bonds is 6. The van der Waals surface area contributed by atoms with Gasteiger partial charge in [0.1, 0.15) is 0 Å². The molecule has 1 aromatic heterocycles. The molecule has 3 aromatic rings. The Hall–Kier alpha value is -4.29. The van der Waals surface area contributed by atoms with Gasteiger partial charge in [0, 0.05) is 30.6 Å². The summed E-state index contributed by atoms with van der Waals surface area (Å²) in [6.45, 7) is 4.98. The van der Waals surface area contributed by atoms with Crippen LogP contribution in [-0.2, 0) is 35.1 Å². The van der Waals surface area contributed by atoms with Gasteiger partial charge in [0.15, 0.2) is 5.78 Å². The number of carbonyl (C=O) groups excluding carboxylic acids is 5. The second-order valence-corrected chi connectivity index (χ2v) is 7.90. The van der Waals surface area contributed by atoms with Crippen molar-refractivity contribution >= 4 is 34.7 Å². The van der Waals surface area contributed by atoms with E-state index in [0.717, 1.165) is 27.6 Å². The van der Waals surface area contributed by atoms with Crippen LogP contribution in [0.4, 0.5) is 0 Å². The maximum atomic E-state index is 13.3. The third-order valence-electron chi connectivity index (χ3n) is 5.60. The molecule has 8 heteroatoms. The molecular weight excluding hydrogens is 436 g/mol. The van der Waals surface area contributed by atoms with E-state index in [1.54, 1.807) is 4.90 Å². The monoisotopic (exact) mass is 460 g/mol. The van der Waals surface area contributed by atoms with Gasteiger partial charge in [-0.05, 0) is 37.5 Å². The van der Waals surface area contributed by atoms with Crippen molar-refractivity contribution in [1.29, 1.82) is 0 Å². The fraction of sp³-hybridized carbons (Fsp3) is 0.231. The average molecular weight is 460 g/mol. The van der Waals surface area contributed by atoms with Gasteiger partial charge >= 0.3 is 12.1 Å². The number of hydrogen-bond acceptors (Lipinski definition) is 6. The molecule has 1 unspecified atom stereocenters. The van der Waals surface area contributed by atoms with Crippen LogP contribution in [0.1, 0.15) is 36.6 Å². The quantitative estimate of drug-likeness (QED) is 0.564. The molecule has 0 radical (unpaired) electrons. The third kappa shape index (κ3) is 5.03. The van der Waals surface area contributed by atoms with Crippen LogP contribution in [0.15, 0.2) is 66.1 Å². The fourth-order valence-corrected chi connectivity index (χ4v) is 4.14. The predicted octanol–water partition coefficient (Wildman–Crippen LogP) is 3.43. The van der Waals surface area contributed by atoms with Gasteiger partial charge in [-0.1, -0.05) is 48.0 Å². The van der Waals surface area contributed by atoms with Gasteiger partial charge in [-0.2, -0.15) is 9.59 Å². The molecule has 1 aliphatic heterocycles. The lowest BCUT2D eigenvalue weighted by Crippen LogP contribution is -2.33. The number of aryl methyl sites for hydroxylation is 1. The highest BCUT2D eigenvalue weighted by atomic mass is 16.5. The van der Waals surface area contributed by atoms with E-state index >= 15 is 0 Å². The molecule has 0 spiro atoms. The molecule has 2 aromatic carbocycles. The maximum Gasteiger partial charge on any atom is 0.373 e. The number of para-hydroxylation sites is 1. The smallest absolute Gasteiger partial charge is 0.373 e. The number of Topliss-reactive ketones (excluding diaryl/α,β-unsaturated/α-hetero) is 1. The van der Waals surface area contributed by atoms with Gasteiger partial charge in [-0.3, -0.25) is 14.4 Å². The summed E-state index contributed by atoms with van der Waals surface area (Å²) in [5, 5.41) is 1.10. The average Bonchev–Trinajstić information content (AvgIpc) is 3.32. The molecule has 1 aliphatic rings. The minimum absolute atomic E-state index is 0.162. The standard InChI is InChI=1S/C25H24N2O4.CO2/c1-15-8-10-18(11-9-15)23-22(16(2)28)24(31-17(3)29)25(30)27(23)13-12-19-14-26-21-7-5-4-6-20(19)21;2-1-3/h4-11,14,23,26H,12-13H2,1-3H3;. The van der Waals surface area contributed by atoms with Gasteiger partial charge < -0.3 is 14.6 Å². The summed E-state index contributed by atoms with van der Waals surface area (Å²) < 4.78 is 5.23. The van der Waals surface area contributed by atoms with Crippen molar-refractivity contribution in [3.05, 3.63) is 82.8 Å². The molecule has 1 amide bonds. The van der Waals surface area contributed by atoms with Crippen molar-refractivity contribution in [3.63, 3.8) is 0 Å². The van der Waals surface area contributed by atoms with Gasteiger partial charge in [-0.15, -0.1) is 0 Å². The Morgan fingerprint density at radius 3 is 2.32 bits per heavy atom. The number of benzene rings is 2. The molecule has 0 fully saturated rings. The van der Waals surface area contributed by atoms with Crippen LogP contribution in [-0.4, -0.2) is 40.2 Å². The third-order valence-corrected chi connectivity index (χ3v) is 5.60. The number of H-pyrrole nitrogens is 1. The first-order valence-corrected chi connectivity index (χ1v) is 10.6. The van der Waals surface area contributed by atoms with E-state index < -0.39 is 17.9 Å². The Kier molecular flexibility index (Phi) is 7.56. The van der Waals surface area contributed by atoms with Crippen molar-refractivity contribution in [2.24, 2.45) is 0 Å². The lowest BCUT2D eigenvalue weighted by atomic mass is 9.96. The first-order chi connectivity index (χ1) is 16.3. The lowest BCUT2D eigenvalue weighted by Gasteiger charge is -2.26. The zero-order valence-electron chi connectivity index (χ0n) is 19.1. The first-order valence-electron chi connectivity index (χ1n) is 10.6. The number of esters is 1. The summed E-state index contributed by atoms with van der Waals surface area (Å²) in [5.41, 5.74) is 4.22. The van der Waals surface area contributed by atoms with Crippen LogP contribution in [0, 0.1) is 6.92 Å². The van der Waals surface area contributed by atoms with Crippen LogP contribution in [0.5, 0.6) is 0 Å². The van der Waals surface area contributed by atoms with Gasteiger partial charge in [0.2, 0.25) is 5.76 Å². The highest BCUT2D eigenvalue weighted by molar-refractivity contribution is 6.09. The summed E-state index contributed by atoms with van der Waals surface area (Å²) in [6, 6.07) is 15.1. The Morgan fingerprint density at radius 2 is 1.71 bits per heavy atom. The topological polar surface area (TPSA) is 114 Å². The molecule has 174 valence electrons. The van der Waals surface area contributed by atoms with Crippen LogP contribution >= 0.6 is 0 Å². The van der Waals surface area contributed by atoms with Crippen molar-refractivity contribution < 1.29 is 28.7 Å². The molecule has 1 atom stereocenters. The van der Waals surface area contributed by atoms with E-state index in [2.05, 4.69) is 4.98 Å². The number of nitrogens with zero attached hydrogens (tertiary/aromatic N) is 1. The zero-order chi connectivity index (χ0) is 24.8. The highest BCUT2D eigenvalue weighted by Gasteiger charge is 2.43. The molecule has 0 aliphatic carbocycles. The van der Waals surface area contributed by atoms with Crippen molar-refractivity contribution in [3.8, 4) is 0 Å². The second-order valence-electron chi connectivity index (χ2n) is 7.90. The SMILES string of the molecule is CC(=O)OC1=C(C(C)=O)C(c2ccc(C)cc2)N(CCc2c[nH]c3ccccc23)C1=O.O=C=O. The number of hydrogen-bond donors (Lipinski definition) is 1. The van der Waals surface area contributed by atoms with E-state index in [1.165, 1.54) is 13.8 Å². The predicted molar refractivity (Wildman–Crippen MR) is 122 cm³/mol. The summed E-state index contributed by atoms with van der Waals surface area (Å²) in [7, 11) is 0. The number of amides is 1. The molecule has 1 N–H and O–H groups in total. The van der Waals surface area contributed by atoms with Gasteiger partial charge in [-0.25, -0.2) is 0 Å². The summed E-state index contributed by atoms with van der Waals surface area (Å²) in [4.78, 5) is 58.6. The number of aromatic nitrogens is 1. The molecule has 4 rings (SSSR count). The van der Waals surface area contributed by atoms with Crippen LogP contribution in [0.25, 0.3) is 10.9 Å². The van der Waals surface area contributed by atoms with Crippen molar-refractivity contribution in [2.45, 2.75) is 33.2 Å². The molecule has 8 nitrogen and oxygen atoms in total. The van der Waals surface area contributed by atoms with Crippen LogP contribution in [0.2, 0.25) is 0 Å². The van der Waals surface area contributed by atoms with Gasteiger partial charge in [0.05, 0.1) is 11.6 Å². The Morgan fingerprint density at radius 1 is 1.06 bits per heavy atom. The summed E-state index contributed by atoms with van der Waals surface area (Å²) in [6.07, 6.45) is 2.79. The Balaban J connectivity index is 0.00000103. The van der Waals surface area contributed by atoms with Crippen molar-refractivity contribution in [1.82, 2.24) is 9.88 Å². The van der Waals surface area contributed by atoms with Crippen molar-refractivity contribution in [2.75, 3.05) is 6.54 Å². The van der Waals surface area contributed by atoms with E-state index in [0.29, 0.717) is 13.0 Å². The van der Waals surface area contributed by atoms with Gasteiger partial charge in [0.25, 0.3) is 5.91 Å². The highest BCUT2D eigenvalue weighted by Crippen LogP contribution is 2.39. The molecular formula is C26H24N2O6. The van der Waals surface area contributed by atoms with E-state index in [4.69, 9.17) is 14.3 Å². The van der Waals surface area contributed by atoms with E-state index in [1.807, 2.05) is 61.7 Å². The second kappa shape index (κ2) is 10.6. The first kappa shape index (κ1) is 24.4. The maximum absolute atomic E-state index is 13.3. The number of fused-ring (bicyclic) bond motifs is 1.